The van der Waals surface area contributed by atoms with E-state index in [-0.39, 0.29) is 19.4 Å². The van der Waals surface area contributed by atoms with Crippen molar-refractivity contribution in [2.75, 3.05) is 13.1 Å². The molecule has 5 amide bonds. The number of aliphatic carboxylic acids is 1. The molecule has 0 fully saturated rings. The smallest absolute Gasteiger partial charge is 0.408 e. The number of ether oxygens (including phenoxy) is 2. The van der Waals surface area contributed by atoms with Gasteiger partial charge in [-0.25, -0.2) is 9.59 Å². The lowest BCUT2D eigenvalue weighted by molar-refractivity contribution is -0.175. The molecule has 17 heteroatoms. The average Bonchev–Trinajstić information content (AvgIpc) is 3.23. The molecule has 0 aliphatic rings. The summed E-state index contributed by atoms with van der Waals surface area (Å²) in [6.45, 7) is -0.247. The number of alkyl halides is 3. The molecule has 0 aliphatic carbocycles. The normalized spacial score (nSPS) is 13.0. The van der Waals surface area contributed by atoms with Gasteiger partial charge in [-0.1, -0.05) is 110 Å². The number of benzene rings is 4. The minimum Gasteiger partial charge on any atom is -0.489 e. The first kappa shape index (κ1) is 45.8. The van der Waals surface area contributed by atoms with Gasteiger partial charge in [0.25, 0.3) is 0 Å². The van der Waals surface area contributed by atoms with E-state index >= 15 is 0 Å². The second-order valence-electron chi connectivity index (χ2n) is 13.8. The van der Waals surface area contributed by atoms with Gasteiger partial charge in [-0.3, -0.25) is 19.2 Å². The van der Waals surface area contributed by atoms with E-state index in [4.69, 9.17) is 9.47 Å². The van der Waals surface area contributed by atoms with Crippen LogP contribution in [0.2, 0.25) is 0 Å². The number of rotatable bonds is 21. The molecule has 0 heterocycles. The Morgan fingerprint density at radius 3 is 1.63 bits per heavy atom. The molecule has 0 unspecified atom stereocenters. The van der Waals surface area contributed by atoms with E-state index in [1.807, 2.05) is 30.3 Å². The summed E-state index contributed by atoms with van der Waals surface area (Å²) in [5, 5.41) is 21.3. The Bertz CT molecular complexity index is 2020. The molecule has 0 bridgehead atoms. The number of hydrogen-bond donors (Lipinski definition) is 6. The van der Waals surface area contributed by atoms with Crippen molar-refractivity contribution < 1.29 is 56.5 Å². The standard InChI is InChI=1S/C43H46F3N5O9/c1-28(43(44,45)46)21-36(41(56)57)50-40(55)35(22-29-11-5-2-6-12-29)49-38(53)25-47-37(52)24-48-39(54)34(51-42(58)60-27-32-15-9-4-10-16-32)23-30-17-19-33(20-18-30)59-26-31-13-7-3-8-14-31/h2-20,28,34-36H,21-27H2,1H3,(H,47,52)(H,48,54)(H,49,53)(H,50,55)(H,51,58)(H,56,57)/t28-,34+,35+,36+/m1/s1. The van der Waals surface area contributed by atoms with E-state index in [0.717, 1.165) is 12.5 Å². The van der Waals surface area contributed by atoms with Gasteiger partial charge in [-0.05, 0) is 40.8 Å². The monoisotopic (exact) mass is 833 g/mol. The summed E-state index contributed by atoms with van der Waals surface area (Å²) in [4.78, 5) is 76.8. The van der Waals surface area contributed by atoms with E-state index in [1.54, 1.807) is 84.9 Å². The predicted octanol–water partition coefficient (Wildman–Crippen LogP) is 4.22. The number of carboxylic acid groups (broad SMARTS) is 1. The number of carboxylic acids is 1. The van der Waals surface area contributed by atoms with E-state index < -0.39 is 85.4 Å². The Hall–Kier alpha value is -6.91. The number of hydrogen-bond acceptors (Lipinski definition) is 8. The van der Waals surface area contributed by atoms with Crippen LogP contribution in [-0.2, 0) is 54.8 Å². The molecule has 0 aromatic heterocycles. The van der Waals surface area contributed by atoms with Crippen LogP contribution in [0.25, 0.3) is 0 Å². The summed E-state index contributed by atoms with van der Waals surface area (Å²) >= 11 is 0. The third-order valence-electron chi connectivity index (χ3n) is 9.00. The summed E-state index contributed by atoms with van der Waals surface area (Å²) in [7, 11) is 0. The molecule has 60 heavy (non-hydrogen) atoms. The van der Waals surface area contributed by atoms with Gasteiger partial charge in [0.2, 0.25) is 23.6 Å². The molecule has 0 saturated carbocycles. The van der Waals surface area contributed by atoms with Gasteiger partial charge in [0, 0.05) is 12.8 Å². The van der Waals surface area contributed by atoms with E-state index in [9.17, 15) is 47.0 Å². The summed E-state index contributed by atoms with van der Waals surface area (Å²) in [6.07, 6.45) is -6.70. The van der Waals surface area contributed by atoms with Crippen LogP contribution in [0.4, 0.5) is 18.0 Å². The van der Waals surface area contributed by atoms with Crippen LogP contribution < -0.4 is 31.3 Å². The highest BCUT2D eigenvalue weighted by Gasteiger charge is 2.39. The molecule has 0 radical (unpaired) electrons. The molecule has 14 nitrogen and oxygen atoms in total. The van der Waals surface area contributed by atoms with Crippen molar-refractivity contribution >= 4 is 35.7 Å². The molecule has 6 N–H and O–H groups in total. The van der Waals surface area contributed by atoms with E-state index in [0.29, 0.717) is 29.0 Å². The minimum absolute atomic E-state index is 0.00200. The van der Waals surface area contributed by atoms with Gasteiger partial charge < -0.3 is 41.2 Å². The van der Waals surface area contributed by atoms with Gasteiger partial charge in [0.1, 0.15) is 37.1 Å². The number of nitrogens with one attached hydrogen (secondary N) is 5. The summed E-state index contributed by atoms with van der Waals surface area (Å²) < 4.78 is 50.6. The summed E-state index contributed by atoms with van der Waals surface area (Å²) in [6, 6.07) is 29.0. The molecule has 318 valence electrons. The maximum absolute atomic E-state index is 13.4. The predicted molar refractivity (Wildman–Crippen MR) is 212 cm³/mol. The molecule has 0 spiro atoms. The fourth-order valence-electron chi connectivity index (χ4n) is 5.63. The third-order valence-corrected chi connectivity index (χ3v) is 9.00. The second kappa shape index (κ2) is 22.9. The van der Waals surface area contributed by atoms with E-state index in [2.05, 4.69) is 26.6 Å². The van der Waals surface area contributed by atoms with Gasteiger partial charge in [0.15, 0.2) is 0 Å². The second-order valence-corrected chi connectivity index (χ2v) is 13.8. The molecule has 4 rings (SSSR count). The van der Waals surface area contributed by atoms with E-state index in [1.165, 1.54) is 0 Å². The zero-order valence-electron chi connectivity index (χ0n) is 32.6. The molecule has 4 aromatic carbocycles. The lowest BCUT2D eigenvalue weighted by Crippen LogP contribution is -2.55. The van der Waals surface area contributed by atoms with Gasteiger partial charge in [0.05, 0.1) is 19.0 Å². The van der Waals surface area contributed by atoms with Crippen LogP contribution in [0.5, 0.6) is 5.75 Å². The Balaban J connectivity index is 1.34. The Labute approximate surface area is 344 Å². The highest BCUT2D eigenvalue weighted by molar-refractivity contribution is 5.93. The number of halogens is 3. The number of carbonyl (C=O) groups is 6. The van der Waals surface area contributed by atoms with Crippen molar-refractivity contribution in [3.05, 3.63) is 138 Å². The third kappa shape index (κ3) is 16.2. The fraction of sp³-hybridized carbons (Fsp3) is 0.302. The van der Waals surface area contributed by atoms with Crippen LogP contribution in [0.3, 0.4) is 0 Å². The molecular weight excluding hydrogens is 787 g/mol. The van der Waals surface area contributed by atoms with Gasteiger partial charge in [-0.2, -0.15) is 13.2 Å². The first-order valence-electron chi connectivity index (χ1n) is 18.9. The maximum Gasteiger partial charge on any atom is 0.408 e. The Morgan fingerprint density at radius 2 is 1.08 bits per heavy atom. The number of carbonyl (C=O) groups excluding carboxylic acids is 5. The summed E-state index contributed by atoms with van der Waals surface area (Å²) in [5.74, 6) is -6.68. The molecule has 0 saturated heterocycles. The first-order valence-corrected chi connectivity index (χ1v) is 18.9. The fourth-order valence-corrected chi connectivity index (χ4v) is 5.63. The molecule has 0 aliphatic heterocycles. The maximum atomic E-state index is 13.4. The van der Waals surface area contributed by atoms with Crippen LogP contribution in [-0.4, -0.2) is 78.2 Å². The highest BCUT2D eigenvalue weighted by atomic mass is 19.4. The minimum atomic E-state index is -4.70. The molecular formula is C43H46F3N5O9. The van der Waals surface area contributed by atoms with Crippen molar-refractivity contribution in [3.8, 4) is 5.75 Å². The molecule has 4 aromatic rings. The first-order chi connectivity index (χ1) is 28.7. The summed E-state index contributed by atoms with van der Waals surface area (Å²) in [5.41, 5.74) is 2.88. The largest absolute Gasteiger partial charge is 0.489 e. The molecule has 4 atom stereocenters. The zero-order valence-corrected chi connectivity index (χ0v) is 32.6. The zero-order chi connectivity index (χ0) is 43.5. The van der Waals surface area contributed by atoms with Crippen molar-refractivity contribution in [1.82, 2.24) is 26.6 Å². The number of alkyl carbamates (subject to hydrolysis) is 1. The van der Waals surface area contributed by atoms with Crippen LogP contribution in [0, 0.1) is 5.92 Å². The van der Waals surface area contributed by atoms with Crippen LogP contribution >= 0.6 is 0 Å². The lowest BCUT2D eigenvalue weighted by atomic mass is 10.00. The Morgan fingerprint density at radius 1 is 0.583 bits per heavy atom. The van der Waals surface area contributed by atoms with Gasteiger partial charge in [-0.15, -0.1) is 0 Å². The van der Waals surface area contributed by atoms with Crippen LogP contribution in [0.15, 0.2) is 115 Å². The Kier molecular flexibility index (Phi) is 17.5. The average molecular weight is 834 g/mol. The SMILES string of the molecule is C[C@H](C[C@H](NC(=O)[C@H](Cc1ccccc1)NC(=O)CNC(=O)CNC(=O)[C@H](Cc1ccc(OCc2ccccc2)cc1)NC(=O)OCc1ccccc1)C(=O)O)C(F)(F)F. The highest BCUT2D eigenvalue weighted by Crippen LogP contribution is 2.29. The topological polar surface area (TPSA) is 201 Å². The lowest BCUT2D eigenvalue weighted by Gasteiger charge is -2.24. The van der Waals surface area contributed by atoms with Crippen LogP contribution in [0.1, 0.15) is 35.6 Å². The van der Waals surface area contributed by atoms with Crippen molar-refractivity contribution in [1.29, 1.82) is 0 Å². The van der Waals surface area contributed by atoms with Gasteiger partial charge >= 0.3 is 18.2 Å². The van der Waals surface area contributed by atoms with Crippen molar-refractivity contribution in [2.24, 2.45) is 5.92 Å². The van der Waals surface area contributed by atoms with Crippen molar-refractivity contribution in [2.45, 2.75) is 63.7 Å². The van der Waals surface area contributed by atoms with Crippen molar-refractivity contribution in [3.63, 3.8) is 0 Å². The number of amides is 5. The quantitative estimate of drug-likeness (QED) is 0.0711.